The first-order chi connectivity index (χ1) is 24.5. The second kappa shape index (κ2) is 19.9. The second-order valence-corrected chi connectivity index (χ2v) is 14.9. The van der Waals surface area contributed by atoms with Crippen LogP contribution in [0.25, 0.3) is 0 Å². The van der Waals surface area contributed by atoms with Crippen molar-refractivity contribution in [3.8, 4) is 0 Å². The standard InChI is InChI=1S/C37H49N7O5S2/c1-24(2)31(40-36(47)44(5)20-28-22-50-35(39-28)25(3)4)34(46)43-42-32(27-16-10-7-11-17-27)33(41-37(48)49-21-29-19-38-23-51-29)30(45)18-12-15-26-13-8-6-9-14-26/h6-11,13-14,16-17,19,22-25,30-33,42,45H,12,15,18,20-21H2,1-5H3,(H,40,47)(H,41,48)(H,43,46)/t30?,31-,32?,33?/m0/s1. The molecular weight excluding hydrogens is 687 g/mol. The summed E-state index contributed by atoms with van der Waals surface area (Å²) in [5.41, 5.74) is 10.1. The third-order valence-electron chi connectivity index (χ3n) is 8.24. The molecule has 4 atom stereocenters. The van der Waals surface area contributed by atoms with Crippen molar-refractivity contribution in [3.63, 3.8) is 0 Å². The van der Waals surface area contributed by atoms with E-state index >= 15 is 0 Å². The molecule has 0 fully saturated rings. The molecule has 0 aliphatic carbocycles. The molecule has 0 aliphatic rings. The number of alkyl carbamates (subject to hydrolysis) is 1. The van der Waals surface area contributed by atoms with Gasteiger partial charge in [-0.05, 0) is 36.3 Å². The molecule has 4 aromatic rings. The summed E-state index contributed by atoms with van der Waals surface area (Å²) in [6.45, 7) is 8.15. The number of benzene rings is 2. The number of aromatic nitrogens is 2. The molecule has 2 aromatic heterocycles. The van der Waals surface area contributed by atoms with Gasteiger partial charge in [0.05, 0.1) is 45.8 Å². The largest absolute Gasteiger partial charge is 0.444 e. The minimum absolute atomic E-state index is 0.0268. The lowest BCUT2D eigenvalue weighted by Crippen LogP contribution is -2.59. The van der Waals surface area contributed by atoms with Gasteiger partial charge in [-0.3, -0.25) is 15.2 Å². The van der Waals surface area contributed by atoms with Crippen LogP contribution in [0.5, 0.6) is 0 Å². The van der Waals surface area contributed by atoms with E-state index in [1.54, 1.807) is 30.1 Å². The lowest BCUT2D eigenvalue weighted by Gasteiger charge is -2.33. The Morgan fingerprint density at radius 2 is 1.67 bits per heavy atom. The van der Waals surface area contributed by atoms with Crippen LogP contribution in [0.3, 0.4) is 0 Å². The summed E-state index contributed by atoms with van der Waals surface area (Å²) >= 11 is 2.92. The van der Waals surface area contributed by atoms with Crippen LogP contribution in [0.4, 0.5) is 9.59 Å². The number of carbonyl (C=O) groups is 3. The van der Waals surface area contributed by atoms with E-state index in [4.69, 9.17) is 4.74 Å². The fraction of sp³-hybridized carbons (Fsp3) is 0.432. The lowest BCUT2D eigenvalue weighted by molar-refractivity contribution is -0.125. The fourth-order valence-electron chi connectivity index (χ4n) is 5.39. The molecule has 0 spiro atoms. The summed E-state index contributed by atoms with van der Waals surface area (Å²) in [5.74, 6) is -0.442. The lowest BCUT2D eigenvalue weighted by atomic mass is 9.92. The van der Waals surface area contributed by atoms with Crippen molar-refractivity contribution < 1.29 is 24.2 Å². The number of nitrogens with zero attached hydrogens (tertiary/aromatic N) is 3. The molecule has 0 saturated carbocycles. The Kier molecular flexibility index (Phi) is 15.4. The van der Waals surface area contributed by atoms with Gasteiger partial charge in [-0.1, -0.05) is 88.4 Å². The van der Waals surface area contributed by atoms with Gasteiger partial charge in [-0.2, -0.15) is 0 Å². The molecule has 274 valence electrons. The van der Waals surface area contributed by atoms with Crippen LogP contribution < -0.4 is 21.5 Å². The number of aliphatic hydroxyl groups is 1. The molecule has 2 aromatic carbocycles. The van der Waals surface area contributed by atoms with Crippen molar-refractivity contribution in [2.75, 3.05) is 7.05 Å². The van der Waals surface area contributed by atoms with Crippen molar-refractivity contribution in [3.05, 3.63) is 104 Å². The van der Waals surface area contributed by atoms with Crippen LogP contribution in [-0.2, 0) is 29.1 Å². The minimum Gasteiger partial charge on any atom is -0.444 e. The van der Waals surface area contributed by atoms with Gasteiger partial charge in [0.1, 0.15) is 12.6 Å². The molecule has 2 heterocycles. The number of rotatable bonds is 18. The highest BCUT2D eigenvalue weighted by Crippen LogP contribution is 2.23. The molecule has 0 saturated heterocycles. The van der Waals surface area contributed by atoms with Gasteiger partial charge in [0.15, 0.2) is 0 Å². The molecule has 5 N–H and O–H groups in total. The highest BCUT2D eigenvalue weighted by Gasteiger charge is 2.33. The maximum absolute atomic E-state index is 13.7. The zero-order valence-corrected chi connectivity index (χ0v) is 31.4. The molecule has 4 amide bonds. The average Bonchev–Trinajstić information content (AvgIpc) is 3.83. The van der Waals surface area contributed by atoms with Crippen LogP contribution >= 0.6 is 22.7 Å². The third-order valence-corrected chi connectivity index (χ3v) is 10.2. The second-order valence-electron chi connectivity index (χ2n) is 13.0. The van der Waals surface area contributed by atoms with E-state index in [0.717, 1.165) is 27.6 Å². The van der Waals surface area contributed by atoms with E-state index in [1.807, 2.05) is 79.9 Å². The van der Waals surface area contributed by atoms with E-state index < -0.39 is 42.3 Å². The van der Waals surface area contributed by atoms with E-state index in [1.165, 1.54) is 16.2 Å². The van der Waals surface area contributed by atoms with Crippen LogP contribution in [0.15, 0.2) is 77.8 Å². The van der Waals surface area contributed by atoms with Crippen molar-refractivity contribution in [2.24, 2.45) is 5.92 Å². The number of carbonyl (C=O) groups excluding carboxylic acids is 3. The fourth-order valence-corrected chi connectivity index (χ4v) is 6.72. The van der Waals surface area contributed by atoms with Gasteiger partial charge >= 0.3 is 12.1 Å². The van der Waals surface area contributed by atoms with E-state index in [-0.39, 0.29) is 12.5 Å². The number of ether oxygens (including phenoxy) is 1. The first-order valence-corrected chi connectivity index (χ1v) is 18.9. The van der Waals surface area contributed by atoms with Crippen LogP contribution in [-0.4, -0.2) is 63.2 Å². The van der Waals surface area contributed by atoms with Gasteiger partial charge in [0.25, 0.3) is 5.91 Å². The van der Waals surface area contributed by atoms with Crippen molar-refractivity contribution >= 4 is 40.7 Å². The van der Waals surface area contributed by atoms with Crippen LogP contribution in [0.2, 0.25) is 0 Å². The first-order valence-electron chi connectivity index (χ1n) is 17.1. The van der Waals surface area contributed by atoms with Crippen molar-refractivity contribution in [1.29, 1.82) is 0 Å². The SMILES string of the molecule is CC(C)c1nc(CN(C)C(=O)N[C@H](C(=O)NNC(c2ccccc2)C(NC(=O)OCc2cncs2)C(O)CCCc2ccccc2)C(C)C)cs1. The highest BCUT2D eigenvalue weighted by molar-refractivity contribution is 7.09. The molecule has 4 rings (SSSR count). The van der Waals surface area contributed by atoms with E-state index in [0.29, 0.717) is 30.9 Å². The van der Waals surface area contributed by atoms with Gasteiger partial charge in [-0.15, -0.1) is 22.7 Å². The molecule has 0 aliphatic heterocycles. The number of hydrazine groups is 1. The minimum atomic E-state index is -1.02. The number of thiazole rings is 2. The number of aliphatic hydroxyl groups excluding tert-OH is 1. The Bertz CT molecular complexity index is 1640. The summed E-state index contributed by atoms with van der Waals surface area (Å²) in [5, 5.41) is 20.3. The molecule has 0 bridgehead atoms. The molecule has 14 heteroatoms. The highest BCUT2D eigenvalue weighted by atomic mass is 32.1. The zero-order valence-electron chi connectivity index (χ0n) is 29.7. The van der Waals surface area contributed by atoms with E-state index in [9.17, 15) is 19.5 Å². The maximum Gasteiger partial charge on any atom is 0.407 e. The maximum atomic E-state index is 13.7. The number of hydrogen-bond donors (Lipinski definition) is 5. The van der Waals surface area contributed by atoms with Crippen molar-refractivity contribution in [1.82, 2.24) is 36.4 Å². The number of aryl methyl sites for hydroxylation is 1. The number of urea groups is 1. The van der Waals surface area contributed by atoms with Gasteiger partial charge in [0, 0.05) is 24.5 Å². The van der Waals surface area contributed by atoms with Crippen LogP contribution in [0, 0.1) is 5.92 Å². The molecule has 0 radical (unpaired) electrons. The summed E-state index contributed by atoms with van der Waals surface area (Å²) < 4.78 is 5.48. The van der Waals surface area contributed by atoms with Crippen molar-refractivity contribution in [2.45, 2.75) is 90.3 Å². The molecule has 12 nitrogen and oxygen atoms in total. The Balaban J connectivity index is 1.48. The Morgan fingerprint density at radius 3 is 2.29 bits per heavy atom. The zero-order chi connectivity index (χ0) is 36.8. The summed E-state index contributed by atoms with van der Waals surface area (Å²) in [4.78, 5) is 51.0. The summed E-state index contributed by atoms with van der Waals surface area (Å²) in [6.07, 6.45) is 1.65. The third kappa shape index (κ3) is 12.4. The Hall–Kier alpha value is -4.37. The molecule has 3 unspecified atom stereocenters. The topological polar surface area (TPSA) is 158 Å². The smallest absolute Gasteiger partial charge is 0.407 e. The predicted octanol–water partition coefficient (Wildman–Crippen LogP) is 5.93. The van der Waals surface area contributed by atoms with Gasteiger partial charge in [0.2, 0.25) is 0 Å². The average molecular weight is 736 g/mol. The quantitative estimate of drug-likeness (QED) is 0.0788. The van der Waals surface area contributed by atoms with Crippen LogP contribution in [0.1, 0.15) is 79.2 Å². The first kappa shape index (κ1) is 39.4. The summed E-state index contributed by atoms with van der Waals surface area (Å²) in [7, 11) is 1.66. The number of hydrogen-bond acceptors (Lipinski definition) is 10. The monoisotopic (exact) mass is 735 g/mol. The molecular formula is C37H49N7O5S2. The van der Waals surface area contributed by atoms with Gasteiger partial charge < -0.3 is 25.4 Å². The molecule has 51 heavy (non-hydrogen) atoms. The number of amides is 4. The Morgan fingerprint density at radius 1 is 0.961 bits per heavy atom. The van der Waals surface area contributed by atoms with Gasteiger partial charge in [-0.25, -0.2) is 20.0 Å². The predicted molar refractivity (Wildman–Crippen MR) is 200 cm³/mol. The summed E-state index contributed by atoms with van der Waals surface area (Å²) in [6, 6.07) is 16.2. The number of nitrogens with one attached hydrogen (secondary N) is 4. The normalized spacial score (nSPS) is 13.6. The van der Waals surface area contributed by atoms with E-state index in [2.05, 4.69) is 45.3 Å². The Labute approximate surface area is 308 Å².